The van der Waals surface area contributed by atoms with Gasteiger partial charge in [-0.3, -0.25) is 0 Å². The molecule has 2 heterocycles. The van der Waals surface area contributed by atoms with Gasteiger partial charge in [-0.05, 0) is 20.3 Å². The summed E-state index contributed by atoms with van der Waals surface area (Å²) in [5.41, 5.74) is 0. The fraction of sp³-hybridized carbons (Fsp3) is 0.818. The summed E-state index contributed by atoms with van der Waals surface area (Å²) in [6.07, 6.45) is -0.0674. The average molecular weight is 242 g/mol. The van der Waals surface area contributed by atoms with Gasteiger partial charge in [-0.2, -0.15) is 4.98 Å². The van der Waals surface area contributed by atoms with Gasteiger partial charge in [-0.1, -0.05) is 5.16 Å². The maximum atomic E-state index is 9.83. The zero-order chi connectivity index (χ0) is 12.3. The van der Waals surface area contributed by atoms with E-state index in [1.165, 1.54) is 0 Å². The fourth-order valence-corrected chi connectivity index (χ4v) is 1.85. The summed E-state index contributed by atoms with van der Waals surface area (Å²) in [7, 11) is 0. The van der Waals surface area contributed by atoms with E-state index in [-0.39, 0.29) is 12.0 Å². The van der Waals surface area contributed by atoms with E-state index in [0.29, 0.717) is 38.0 Å². The van der Waals surface area contributed by atoms with E-state index in [9.17, 15) is 5.11 Å². The highest BCUT2D eigenvalue weighted by atomic mass is 16.5. The van der Waals surface area contributed by atoms with Crippen LogP contribution in [-0.4, -0.2) is 41.2 Å². The van der Waals surface area contributed by atoms with Gasteiger partial charge >= 0.3 is 0 Å². The van der Waals surface area contributed by atoms with Crippen molar-refractivity contribution in [2.45, 2.75) is 38.4 Å². The molecule has 0 saturated carbocycles. The maximum absolute atomic E-state index is 9.83. The monoisotopic (exact) mass is 242 g/mol. The van der Waals surface area contributed by atoms with Crippen LogP contribution >= 0.6 is 0 Å². The lowest BCUT2D eigenvalue weighted by Gasteiger charge is -2.24. The second kappa shape index (κ2) is 5.57. The van der Waals surface area contributed by atoms with Crippen molar-refractivity contribution in [1.82, 2.24) is 10.1 Å². The first kappa shape index (κ1) is 12.5. The van der Waals surface area contributed by atoms with Crippen molar-refractivity contribution in [1.29, 1.82) is 0 Å². The summed E-state index contributed by atoms with van der Waals surface area (Å²) in [6, 6.07) is 0. The van der Waals surface area contributed by atoms with Crippen molar-refractivity contribution in [3.63, 3.8) is 0 Å². The number of hydrogen-bond acceptors (Lipinski definition) is 6. The van der Waals surface area contributed by atoms with E-state index in [1.807, 2.05) is 13.8 Å². The molecule has 3 unspecified atom stereocenters. The van der Waals surface area contributed by atoms with Crippen molar-refractivity contribution in [3.8, 4) is 0 Å². The van der Waals surface area contributed by atoms with Crippen LogP contribution in [0.5, 0.6) is 0 Å². The summed E-state index contributed by atoms with van der Waals surface area (Å²) < 4.78 is 15.8. The third-order valence-electron chi connectivity index (χ3n) is 2.87. The molecule has 0 radical (unpaired) electrons. The third kappa shape index (κ3) is 2.83. The van der Waals surface area contributed by atoms with E-state index in [0.717, 1.165) is 0 Å². The van der Waals surface area contributed by atoms with Crippen LogP contribution in [0.1, 0.15) is 44.0 Å². The average Bonchev–Trinajstić information content (AvgIpc) is 2.79. The molecule has 3 atom stereocenters. The van der Waals surface area contributed by atoms with Gasteiger partial charge in [0.2, 0.25) is 5.89 Å². The Morgan fingerprint density at radius 2 is 2.41 bits per heavy atom. The number of aliphatic hydroxyl groups is 1. The summed E-state index contributed by atoms with van der Waals surface area (Å²) in [6.45, 7) is 5.38. The quantitative estimate of drug-likeness (QED) is 0.849. The van der Waals surface area contributed by atoms with Gasteiger partial charge in [0.15, 0.2) is 5.82 Å². The second-order valence-corrected chi connectivity index (χ2v) is 4.13. The molecule has 0 amide bonds. The fourth-order valence-electron chi connectivity index (χ4n) is 1.85. The molecular weight excluding hydrogens is 224 g/mol. The van der Waals surface area contributed by atoms with Crippen LogP contribution in [-0.2, 0) is 9.47 Å². The highest BCUT2D eigenvalue weighted by Crippen LogP contribution is 2.25. The molecule has 1 aromatic rings. The molecule has 1 saturated heterocycles. The Balaban J connectivity index is 2.06. The van der Waals surface area contributed by atoms with Gasteiger partial charge in [0, 0.05) is 13.2 Å². The second-order valence-electron chi connectivity index (χ2n) is 4.13. The molecule has 2 rings (SSSR count). The molecule has 0 aromatic carbocycles. The summed E-state index contributed by atoms with van der Waals surface area (Å²) in [5.74, 6) is 0.720. The van der Waals surface area contributed by atoms with Crippen molar-refractivity contribution < 1.29 is 19.1 Å². The number of rotatable bonds is 4. The minimum absolute atomic E-state index is 0.195. The Labute approximate surface area is 99.9 Å². The van der Waals surface area contributed by atoms with Crippen LogP contribution in [0.15, 0.2) is 4.52 Å². The number of aromatic nitrogens is 2. The predicted molar refractivity (Wildman–Crippen MR) is 58.5 cm³/mol. The van der Waals surface area contributed by atoms with Crippen LogP contribution in [0.4, 0.5) is 0 Å². The Hall–Kier alpha value is -0.980. The van der Waals surface area contributed by atoms with Crippen molar-refractivity contribution >= 4 is 0 Å². The minimum Gasteiger partial charge on any atom is -0.392 e. The van der Waals surface area contributed by atoms with E-state index in [1.54, 1.807) is 0 Å². The number of hydrogen-bond donors (Lipinski definition) is 1. The molecule has 1 aliphatic heterocycles. The lowest BCUT2D eigenvalue weighted by molar-refractivity contribution is -0.0149. The van der Waals surface area contributed by atoms with Crippen LogP contribution in [0.25, 0.3) is 0 Å². The lowest BCUT2D eigenvalue weighted by atomic mass is 9.99. The standard InChI is InChI=1S/C11H18N2O4/c1-3-16-7(2)10-12-11(17-13-10)8-6-15-5-4-9(8)14/h7-9,14H,3-6H2,1-2H3. The molecule has 1 aromatic heterocycles. The summed E-state index contributed by atoms with van der Waals surface area (Å²) in [5, 5.41) is 13.7. The molecular formula is C11H18N2O4. The molecule has 0 spiro atoms. The molecule has 0 aliphatic carbocycles. The molecule has 6 heteroatoms. The highest BCUT2D eigenvalue weighted by Gasteiger charge is 2.30. The van der Waals surface area contributed by atoms with Gasteiger partial charge < -0.3 is 19.1 Å². The van der Waals surface area contributed by atoms with Crippen LogP contribution in [0.2, 0.25) is 0 Å². The smallest absolute Gasteiger partial charge is 0.234 e. The molecule has 0 bridgehead atoms. The highest BCUT2D eigenvalue weighted by molar-refractivity contribution is 5.00. The molecule has 1 aliphatic rings. The van der Waals surface area contributed by atoms with Gasteiger partial charge in [-0.25, -0.2) is 0 Å². The van der Waals surface area contributed by atoms with Crippen LogP contribution in [0.3, 0.4) is 0 Å². The first-order chi connectivity index (χ1) is 8.22. The first-order valence-electron chi connectivity index (χ1n) is 5.93. The van der Waals surface area contributed by atoms with Crippen LogP contribution in [0, 0.1) is 0 Å². The Morgan fingerprint density at radius 3 is 3.12 bits per heavy atom. The van der Waals surface area contributed by atoms with E-state index >= 15 is 0 Å². The third-order valence-corrected chi connectivity index (χ3v) is 2.87. The van der Waals surface area contributed by atoms with E-state index < -0.39 is 6.10 Å². The van der Waals surface area contributed by atoms with Crippen molar-refractivity contribution in [3.05, 3.63) is 11.7 Å². The largest absolute Gasteiger partial charge is 0.392 e. The Bertz CT molecular complexity index is 355. The van der Waals surface area contributed by atoms with Gasteiger partial charge in [0.1, 0.15) is 6.10 Å². The molecule has 1 N–H and O–H groups in total. The molecule has 17 heavy (non-hydrogen) atoms. The zero-order valence-corrected chi connectivity index (χ0v) is 10.1. The van der Waals surface area contributed by atoms with Crippen LogP contribution < -0.4 is 0 Å². The van der Waals surface area contributed by atoms with E-state index in [2.05, 4.69) is 10.1 Å². The Morgan fingerprint density at radius 1 is 1.59 bits per heavy atom. The number of nitrogens with zero attached hydrogens (tertiary/aromatic N) is 2. The molecule has 1 fully saturated rings. The van der Waals surface area contributed by atoms with Gasteiger partial charge in [-0.15, -0.1) is 0 Å². The molecule has 6 nitrogen and oxygen atoms in total. The van der Waals surface area contributed by atoms with E-state index in [4.69, 9.17) is 14.0 Å². The predicted octanol–water partition coefficient (Wildman–Crippen LogP) is 1.03. The molecule has 96 valence electrons. The Kier molecular flexibility index (Phi) is 4.09. The summed E-state index contributed by atoms with van der Waals surface area (Å²) in [4.78, 5) is 4.26. The topological polar surface area (TPSA) is 77.6 Å². The zero-order valence-electron chi connectivity index (χ0n) is 10.1. The SMILES string of the molecule is CCOC(C)c1noc(C2COCCC2O)n1. The maximum Gasteiger partial charge on any atom is 0.234 e. The van der Waals surface area contributed by atoms with Crippen molar-refractivity contribution in [2.24, 2.45) is 0 Å². The normalized spacial score (nSPS) is 27.0. The van der Waals surface area contributed by atoms with Crippen molar-refractivity contribution in [2.75, 3.05) is 19.8 Å². The van der Waals surface area contributed by atoms with Gasteiger partial charge in [0.05, 0.1) is 18.6 Å². The van der Waals surface area contributed by atoms with Gasteiger partial charge in [0.25, 0.3) is 0 Å². The number of aliphatic hydroxyl groups excluding tert-OH is 1. The summed E-state index contributed by atoms with van der Waals surface area (Å²) >= 11 is 0. The first-order valence-corrected chi connectivity index (χ1v) is 5.93. The minimum atomic E-state index is -0.473. The lowest BCUT2D eigenvalue weighted by Crippen LogP contribution is -2.30. The number of ether oxygens (including phenoxy) is 2.